The van der Waals surface area contributed by atoms with E-state index < -0.39 is 12.2 Å². The van der Waals surface area contributed by atoms with E-state index in [0.717, 1.165) is 0 Å². The van der Waals surface area contributed by atoms with Gasteiger partial charge in [-0.1, -0.05) is 0 Å². The Morgan fingerprint density at radius 2 is 2.47 bits per heavy atom. The maximum absolute atomic E-state index is 9.54. The Kier molecular flexibility index (Phi) is 2.73. The quantitative estimate of drug-likeness (QED) is 0.717. The third kappa shape index (κ3) is 1.75. The Labute approximate surface area is 87.1 Å². The molecule has 0 amide bonds. The molecular weight excluding hydrogens is 196 g/mol. The van der Waals surface area contributed by atoms with Crippen LogP contribution in [0.25, 0.3) is 0 Å². The Morgan fingerprint density at radius 1 is 1.67 bits per heavy atom. The SMILES string of the molecule is N#Cc1cccn1C1CC(O)C(CO)O1. The molecule has 5 heteroatoms. The number of rotatable bonds is 2. The minimum atomic E-state index is -0.672. The van der Waals surface area contributed by atoms with Gasteiger partial charge in [-0.05, 0) is 12.1 Å². The summed E-state index contributed by atoms with van der Waals surface area (Å²) in [6.07, 6.45) is 0.546. The van der Waals surface area contributed by atoms with Crippen molar-refractivity contribution in [2.45, 2.75) is 24.9 Å². The fourth-order valence-electron chi connectivity index (χ4n) is 1.79. The molecule has 0 aliphatic carbocycles. The number of aliphatic hydroxyl groups is 2. The fraction of sp³-hybridized carbons (Fsp3) is 0.500. The zero-order valence-electron chi connectivity index (χ0n) is 8.08. The van der Waals surface area contributed by atoms with E-state index in [2.05, 4.69) is 0 Å². The molecule has 3 unspecified atom stereocenters. The Hall–Kier alpha value is -1.35. The lowest BCUT2D eigenvalue weighted by molar-refractivity contribution is -0.0444. The van der Waals surface area contributed by atoms with Crippen LogP contribution in [0, 0.1) is 11.3 Å². The molecule has 1 aromatic heterocycles. The van der Waals surface area contributed by atoms with Gasteiger partial charge in [-0.2, -0.15) is 5.26 Å². The maximum atomic E-state index is 9.54. The average molecular weight is 208 g/mol. The van der Waals surface area contributed by atoms with Crippen LogP contribution in [0.4, 0.5) is 0 Å². The van der Waals surface area contributed by atoms with E-state index in [1.165, 1.54) is 0 Å². The van der Waals surface area contributed by atoms with Crippen LogP contribution in [0.3, 0.4) is 0 Å². The van der Waals surface area contributed by atoms with Gasteiger partial charge in [0.25, 0.3) is 0 Å². The summed E-state index contributed by atoms with van der Waals surface area (Å²) < 4.78 is 7.09. The fourth-order valence-corrected chi connectivity index (χ4v) is 1.79. The van der Waals surface area contributed by atoms with Gasteiger partial charge in [-0.15, -0.1) is 0 Å². The van der Waals surface area contributed by atoms with Crippen molar-refractivity contribution in [2.24, 2.45) is 0 Å². The molecule has 1 aliphatic rings. The summed E-state index contributed by atoms with van der Waals surface area (Å²) >= 11 is 0. The van der Waals surface area contributed by atoms with Crippen LogP contribution in [0.2, 0.25) is 0 Å². The normalized spacial score (nSPS) is 30.3. The summed E-state index contributed by atoms with van der Waals surface area (Å²) in [4.78, 5) is 0. The second kappa shape index (κ2) is 4.03. The summed E-state index contributed by atoms with van der Waals surface area (Å²) in [5.41, 5.74) is 0.491. The molecule has 80 valence electrons. The van der Waals surface area contributed by atoms with Gasteiger partial charge >= 0.3 is 0 Å². The van der Waals surface area contributed by atoms with Gasteiger partial charge in [0.05, 0.1) is 12.7 Å². The smallest absolute Gasteiger partial charge is 0.137 e. The molecule has 1 saturated heterocycles. The molecule has 5 nitrogen and oxygen atoms in total. The third-order valence-corrected chi connectivity index (χ3v) is 2.59. The summed E-state index contributed by atoms with van der Waals surface area (Å²) in [5, 5.41) is 27.3. The van der Waals surface area contributed by atoms with Crippen molar-refractivity contribution < 1.29 is 14.9 Å². The molecule has 0 bridgehead atoms. The first-order valence-corrected chi connectivity index (χ1v) is 4.77. The predicted octanol–water partition coefficient (Wildman–Crippen LogP) is 0.000480. The average Bonchev–Trinajstić information content (AvgIpc) is 2.82. The van der Waals surface area contributed by atoms with Crippen molar-refractivity contribution in [3.8, 4) is 6.07 Å². The van der Waals surface area contributed by atoms with Gasteiger partial charge in [-0.3, -0.25) is 0 Å². The van der Waals surface area contributed by atoms with E-state index in [4.69, 9.17) is 15.1 Å². The van der Waals surface area contributed by atoms with Crippen molar-refractivity contribution in [1.29, 1.82) is 5.26 Å². The Bertz CT molecular complexity index is 382. The highest BCUT2D eigenvalue weighted by Gasteiger charge is 2.34. The molecule has 1 fully saturated rings. The van der Waals surface area contributed by atoms with Gasteiger partial charge < -0.3 is 19.5 Å². The number of aromatic nitrogens is 1. The standard InChI is InChI=1S/C10H12N2O3/c11-5-7-2-1-3-12(7)10-4-8(14)9(6-13)15-10/h1-3,8-10,13-14H,4,6H2. The number of hydrogen-bond donors (Lipinski definition) is 2. The number of nitriles is 1. The zero-order valence-corrected chi connectivity index (χ0v) is 8.08. The van der Waals surface area contributed by atoms with Crippen molar-refractivity contribution in [1.82, 2.24) is 4.57 Å². The second-order valence-corrected chi connectivity index (χ2v) is 3.53. The molecule has 15 heavy (non-hydrogen) atoms. The lowest BCUT2D eigenvalue weighted by Gasteiger charge is -2.14. The van der Waals surface area contributed by atoms with Crippen molar-refractivity contribution >= 4 is 0 Å². The summed E-state index contributed by atoms with van der Waals surface area (Å²) in [7, 11) is 0. The molecule has 2 rings (SSSR count). The molecule has 0 saturated carbocycles. The lowest BCUT2D eigenvalue weighted by atomic mass is 10.2. The van der Waals surface area contributed by atoms with Crippen LogP contribution in [0.15, 0.2) is 18.3 Å². The van der Waals surface area contributed by atoms with Crippen molar-refractivity contribution in [2.75, 3.05) is 6.61 Å². The number of hydrogen-bond acceptors (Lipinski definition) is 4. The molecular formula is C10H12N2O3. The maximum Gasteiger partial charge on any atom is 0.137 e. The van der Waals surface area contributed by atoms with Gasteiger partial charge in [0.2, 0.25) is 0 Å². The van der Waals surface area contributed by atoms with Crippen LogP contribution in [0.1, 0.15) is 18.3 Å². The molecule has 1 aliphatic heterocycles. The highest BCUT2D eigenvalue weighted by atomic mass is 16.5. The second-order valence-electron chi connectivity index (χ2n) is 3.53. The van der Waals surface area contributed by atoms with Crippen LogP contribution < -0.4 is 0 Å². The lowest BCUT2D eigenvalue weighted by Crippen LogP contribution is -2.24. The predicted molar refractivity (Wildman–Crippen MR) is 50.8 cm³/mol. The topological polar surface area (TPSA) is 78.4 Å². The highest BCUT2D eigenvalue weighted by Crippen LogP contribution is 2.29. The molecule has 1 aromatic rings. The molecule has 2 N–H and O–H groups in total. The van der Waals surface area contributed by atoms with Crippen molar-refractivity contribution in [3.63, 3.8) is 0 Å². The largest absolute Gasteiger partial charge is 0.394 e. The van der Waals surface area contributed by atoms with E-state index in [1.54, 1.807) is 22.9 Å². The van der Waals surface area contributed by atoms with E-state index in [1.807, 2.05) is 6.07 Å². The molecule has 2 heterocycles. The van der Waals surface area contributed by atoms with E-state index >= 15 is 0 Å². The first-order chi connectivity index (χ1) is 7.26. The van der Waals surface area contributed by atoms with Crippen LogP contribution in [0.5, 0.6) is 0 Å². The molecule has 3 atom stereocenters. The van der Waals surface area contributed by atoms with E-state index in [0.29, 0.717) is 12.1 Å². The zero-order chi connectivity index (χ0) is 10.8. The molecule has 0 radical (unpaired) electrons. The minimum absolute atomic E-state index is 0.208. The van der Waals surface area contributed by atoms with E-state index in [9.17, 15) is 5.11 Å². The van der Waals surface area contributed by atoms with Gasteiger partial charge in [0, 0.05) is 12.6 Å². The number of ether oxygens (including phenoxy) is 1. The van der Waals surface area contributed by atoms with Crippen LogP contribution in [-0.2, 0) is 4.74 Å². The van der Waals surface area contributed by atoms with E-state index in [-0.39, 0.29) is 12.8 Å². The minimum Gasteiger partial charge on any atom is -0.394 e. The summed E-state index contributed by atoms with van der Waals surface area (Å²) in [6, 6.07) is 5.47. The summed E-state index contributed by atoms with van der Waals surface area (Å²) in [5.74, 6) is 0. The number of aliphatic hydroxyl groups excluding tert-OH is 2. The monoisotopic (exact) mass is 208 g/mol. The highest BCUT2D eigenvalue weighted by molar-refractivity contribution is 5.22. The first kappa shape index (κ1) is 10.2. The van der Waals surface area contributed by atoms with Crippen molar-refractivity contribution in [3.05, 3.63) is 24.0 Å². The van der Waals surface area contributed by atoms with Gasteiger partial charge in [0.1, 0.15) is 24.1 Å². The Morgan fingerprint density at radius 3 is 3.07 bits per heavy atom. The van der Waals surface area contributed by atoms with Crippen LogP contribution in [-0.4, -0.2) is 33.6 Å². The summed E-state index contributed by atoms with van der Waals surface area (Å²) in [6.45, 7) is -0.208. The van der Waals surface area contributed by atoms with Gasteiger partial charge in [-0.25, -0.2) is 0 Å². The Balaban J connectivity index is 2.17. The number of nitrogens with zero attached hydrogens (tertiary/aromatic N) is 2. The third-order valence-electron chi connectivity index (χ3n) is 2.59. The molecule has 0 spiro atoms. The van der Waals surface area contributed by atoms with Crippen LogP contribution >= 0.6 is 0 Å². The molecule has 0 aromatic carbocycles. The first-order valence-electron chi connectivity index (χ1n) is 4.77. The van der Waals surface area contributed by atoms with Gasteiger partial charge in [0.15, 0.2) is 0 Å².